The predicted octanol–water partition coefficient (Wildman–Crippen LogP) is -0.248. The summed E-state index contributed by atoms with van der Waals surface area (Å²) in [6, 6.07) is 0. The van der Waals surface area contributed by atoms with Gasteiger partial charge in [-0.25, -0.2) is 16.8 Å². The molecule has 2 N–H and O–H groups in total. The second kappa shape index (κ2) is 11.8. The van der Waals surface area contributed by atoms with Gasteiger partial charge in [-0.15, -0.1) is 0 Å². The molecule has 0 unspecified atom stereocenters. The molecule has 0 aliphatic carbocycles. The molecule has 0 aliphatic rings. The molecule has 0 atom stereocenters. The van der Waals surface area contributed by atoms with E-state index in [1.54, 1.807) is 0 Å². The summed E-state index contributed by atoms with van der Waals surface area (Å²) < 4.78 is 44.1. The lowest BCUT2D eigenvalue weighted by atomic mass is 10.5. The largest absolute Gasteiger partial charge is 0.353 e. The Morgan fingerprint density at radius 2 is 1.09 bits per heavy atom. The Bertz CT molecular complexity index is 554. The topological polar surface area (TPSA) is 126 Å². The molecule has 0 aliphatic heterocycles. The molecule has 0 rings (SSSR count). The minimum Gasteiger partial charge on any atom is -0.353 e. The molecule has 0 fully saturated rings. The summed E-state index contributed by atoms with van der Waals surface area (Å²) in [6.45, 7) is 10.3. The van der Waals surface area contributed by atoms with Gasteiger partial charge in [-0.1, -0.05) is 33.4 Å². The predicted molar refractivity (Wildman–Crippen MR) is 90.0 cm³/mol. The molecule has 0 saturated carbocycles. The number of amides is 2. The Morgan fingerprint density at radius 1 is 0.826 bits per heavy atom. The maximum atomic E-state index is 11.2. The molecule has 23 heavy (non-hydrogen) atoms. The molecule has 10 heteroatoms. The van der Waals surface area contributed by atoms with E-state index in [-0.39, 0.29) is 13.1 Å². The summed E-state index contributed by atoms with van der Waals surface area (Å²) in [5.74, 6) is -2.93. The highest BCUT2D eigenvalue weighted by Crippen LogP contribution is 1.90. The van der Waals surface area contributed by atoms with E-state index < -0.39 is 43.0 Å². The van der Waals surface area contributed by atoms with Crippen LogP contribution in [0.25, 0.3) is 0 Å². The molecule has 134 valence electrons. The van der Waals surface area contributed by atoms with Gasteiger partial charge in [0.1, 0.15) is 11.5 Å². The zero-order valence-corrected chi connectivity index (χ0v) is 15.0. The molecule has 0 aromatic carbocycles. The number of hydrogen-bond acceptors (Lipinski definition) is 6. The molecule has 2 amide bonds. The van der Waals surface area contributed by atoms with Crippen LogP contribution < -0.4 is 10.6 Å². The van der Waals surface area contributed by atoms with E-state index in [2.05, 4.69) is 37.6 Å². The van der Waals surface area contributed by atoms with Crippen LogP contribution in [0, 0.1) is 0 Å². The van der Waals surface area contributed by atoms with E-state index in [1.165, 1.54) is 6.42 Å². The van der Waals surface area contributed by atoms with Crippen LogP contribution in [0.2, 0.25) is 0 Å². The molecule has 0 heterocycles. The van der Waals surface area contributed by atoms with Crippen molar-refractivity contribution in [2.75, 3.05) is 24.6 Å². The number of nitrogens with one attached hydrogen (secondary N) is 2. The van der Waals surface area contributed by atoms with Crippen molar-refractivity contribution < 1.29 is 26.4 Å². The zero-order valence-electron chi connectivity index (χ0n) is 13.4. The van der Waals surface area contributed by atoms with Crippen LogP contribution in [-0.4, -0.2) is 53.2 Å². The van der Waals surface area contributed by atoms with Gasteiger partial charge < -0.3 is 10.6 Å². The fourth-order valence-corrected chi connectivity index (χ4v) is 2.16. The number of sulfone groups is 2. The standard InChI is InChI=1S/C10H16N2O6S2.C3H8/c1-3-19(15,16)7-9(13)11-5-6-12-10(14)8-20(17,18)4-2;1-3-2/h3-4H,1-2,5-8H2,(H,11,13)(H,12,14);3H2,1-2H3. The van der Waals surface area contributed by atoms with Crippen LogP contribution in [0.4, 0.5) is 0 Å². The lowest BCUT2D eigenvalue weighted by Crippen LogP contribution is -2.38. The number of carbonyl (C=O) groups excluding carboxylic acids is 2. The van der Waals surface area contributed by atoms with E-state index in [4.69, 9.17) is 0 Å². The minimum atomic E-state index is -3.63. The van der Waals surface area contributed by atoms with Crippen molar-refractivity contribution >= 4 is 31.5 Å². The van der Waals surface area contributed by atoms with E-state index in [9.17, 15) is 26.4 Å². The summed E-state index contributed by atoms with van der Waals surface area (Å²) in [6.07, 6.45) is 1.25. The minimum absolute atomic E-state index is 0.0224. The summed E-state index contributed by atoms with van der Waals surface area (Å²) in [7, 11) is -7.25. The highest BCUT2D eigenvalue weighted by molar-refractivity contribution is 7.95. The summed E-state index contributed by atoms with van der Waals surface area (Å²) in [4.78, 5) is 22.4. The first-order valence-corrected chi connectivity index (χ1v) is 10.2. The van der Waals surface area contributed by atoms with Crippen molar-refractivity contribution in [3.63, 3.8) is 0 Å². The van der Waals surface area contributed by atoms with Crippen LogP contribution in [-0.2, 0) is 29.3 Å². The molecule has 0 bridgehead atoms. The molecule has 0 aromatic rings. The fraction of sp³-hybridized carbons (Fsp3) is 0.538. The third kappa shape index (κ3) is 15.0. The van der Waals surface area contributed by atoms with Crippen LogP contribution in [0.3, 0.4) is 0 Å². The molecule has 0 aromatic heterocycles. The van der Waals surface area contributed by atoms with Crippen molar-refractivity contribution in [1.82, 2.24) is 10.6 Å². The first kappa shape index (κ1) is 23.6. The maximum Gasteiger partial charge on any atom is 0.235 e. The monoisotopic (exact) mass is 368 g/mol. The van der Waals surface area contributed by atoms with Gasteiger partial charge >= 0.3 is 0 Å². The SMILES string of the molecule is C=CS(=O)(=O)CC(=O)NCCNC(=O)CS(=O)(=O)C=C.CCC. The molecule has 0 saturated heterocycles. The van der Waals surface area contributed by atoms with E-state index in [0.717, 1.165) is 0 Å². The second-order valence-electron chi connectivity index (χ2n) is 4.35. The van der Waals surface area contributed by atoms with Gasteiger partial charge in [0, 0.05) is 23.9 Å². The lowest BCUT2D eigenvalue weighted by molar-refractivity contribution is -0.120. The van der Waals surface area contributed by atoms with Gasteiger partial charge in [0.15, 0.2) is 19.7 Å². The molecule has 0 spiro atoms. The molecule has 8 nitrogen and oxygen atoms in total. The second-order valence-corrected chi connectivity index (χ2v) is 8.25. The van der Waals surface area contributed by atoms with Crippen molar-refractivity contribution in [3.05, 3.63) is 24.0 Å². The number of carbonyl (C=O) groups is 2. The van der Waals surface area contributed by atoms with Crippen LogP contribution in [0.1, 0.15) is 20.3 Å². The van der Waals surface area contributed by atoms with Crippen molar-refractivity contribution in [1.29, 1.82) is 0 Å². The van der Waals surface area contributed by atoms with Crippen LogP contribution in [0.5, 0.6) is 0 Å². The van der Waals surface area contributed by atoms with Crippen LogP contribution in [0.15, 0.2) is 24.0 Å². The average Bonchev–Trinajstić information content (AvgIpc) is 2.43. The van der Waals surface area contributed by atoms with Gasteiger partial charge in [-0.05, 0) is 0 Å². The van der Waals surface area contributed by atoms with Crippen LogP contribution >= 0.6 is 0 Å². The van der Waals surface area contributed by atoms with Crippen molar-refractivity contribution in [3.8, 4) is 0 Å². The Morgan fingerprint density at radius 3 is 1.30 bits per heavy atom. The average molecular weight is 368 g/mol. The van der Waals surface area contributed by atoms with Crippen molar-refractivity contribution in [2.45, 2.75) is 20.3 Å². The highest BCUT2D eigenvalue weighted by Gasteiger charge is 2.13. The highest BCUT2D eigenvalue weighted by atomic mass is 32.2. The summed E-state index contributed by atoms with van der Waals surface area (Å²) >= 11 is 0. The number of rotatable bonds is 9. The quantitative estimate of drug-likeness (QED) is 0.541. The maximum absolute atomic E-state index is 11.2. The molecular weight excluding hydrogens is 344 g/mol. The molecular formula is C13H24N2O6S2. The van der Waals surface area contributed by atoms with E-state index in [0.29, 0.717) is 10.8 Å². The van der Waals surface area contributed by atoms with Gasteiger partial charge in [-0.2, -0.15) is 0 Å². The Hall–Kier alpha value is -1.68. The fourth-order valence-electron chi connectivity index (χ4n) is 0.989. The Balaban J connectivity index is 0. The Labute approximate surface area is 137 Å². The normalized spacial score (nSPS) is 10.7. The van der Waals surface area contributed by atoms with Gasteiger partial charge in [0.25, 0.3) is 0 Å². The molecule has 0 radical (unpaired) electrons. The van der Waals surface area contributed by atoms with E-state index in [1.807, 2.05) is 0 Å². The van der Waals surface area contributed by atoms with E-state index >= 15 is 0 Å². The summed E-state index contributed by atoms with van der Waals surface area (Å²) in [5, 5.41) is 5.86. The van der Waals surface area contributed by atoms with Gasteiger partial charge in [0.2, 0.25) is 11.8 Å². The van der Waals surface area contributed by atoms with Crippen molar-refractivity contribution in [2.24, 2.45) is 0 Å². The smallest absolute Gasteiger partial charge is 0.235 e. The first-order chi connectivity index (χ1) is 10.5. The zero-order chi connectivity index (χ0) is 18.5. The van der Waals surface area contributed by atoms with Gasteiger partial charge in [-0.3, -0.25) is 9.59 Å². The van der Waals surface area contributed by atoms with Gasteiger partial charge in [0.05, 0.1) is 0 Å². The summed E-state index contributed by atoms with van der Waals surface area (Å²) in [5.41, 5.74) is 0. The third-order valence-corrected chi connectivity index (χ3v) is 4.29. The third-order valence-electron chi connectivity index (χ3n) is 1.94. The lowest BCUT2D eigenvalue weighted by Gasteiger charge is -2.06. The Kier molecular flexibility index (Phi) is 12.1. The number of hydrogen-bond donors (Lipinski definition) is 2. The first-order valence-electron chi connectivity index (χ1n) is 6.77.